The van der Waals surface area contributed by atoms with E-state index < -0.39 is 0 Å². The van der Waals surface area contributed by atoms with Crippen LogP contribution in [0.25, 0.3) is 10.6 Å². The van der Waals surface area contributed by atoms with Gasteiger partial charge in [-0.15, -0.1) is 11.3 Å². The van der Waals surface area contributed by atoms with Crippen LogP contribution in [0.3, 0.4) is 0 Å². The summed E-state index contributed by atoms with van der Waals surface area (Å²) in [5.74, 6) is 1.34. The Bertz CT molecular complexity index is 904. The number of rotatable bonds is 6. The maximum atomic E-state index is 12.6. The zero-order chi connectivity index (χ0) is 18.5. The zero-order valence-electron chi connectivity index (χ0n) is 14.9. The third kappa shape index (κ3) is 4.03. The van der Waals surface area contributed by atoms with E-state index in [1.807, 2.05) is 56.3 Å². The second kappa shape index (κ2) is 8.01. The smallest absolute Gasteiger partial charge is 0.267 e. The average molecular weight is 368 g/mol. The monoisotopic (exact) mass is 368 g/mol. The number of thiazole rings is 1. The minimum absolute atomic E-state index is 0.176. The molecule has 3 rings (SSSR count). The summed E-state index contributed by atoms with van der Waals surface area (Å²) in [4.78, 5) is 17.8. The van der Waals surface area contributed by atoms with Gasteiger partial charge in [0, 0.05) is 17.3 Å². The van der Waals surface area contributed by atoms with E-state index in [4.69, 9.17) is 9.47 Å². The maximum Gasteiger partial charge on any atom is 0.267 e. The lowest BCUT2D eigenvalue weighted by molar-refractivity contribution is 0.103. The second-order valence-corrected chi connectivity index (χ2v) is 6.58. The number of anilines is 1. The van der Waals surface area contributed by atoms with Crippen molar-refractivity contribution in [3.8, 4) is 22.1 Å². The fourth-order valence-corrected chi connectivity index (χ4v) is 3.45. The number of carbonyl (C=O) groups excluding carboxylic acids is 1. The van der Waals surface area contributed by atoms with Crippen molar-refractivity contribution in [1.82, 2.24) is 4.98 Å². The molecule has 5 nitrogen and oxygen atoms in total. The summed E-state index contributed by atoms with van der Waals surface area (Å²) in [5.41, 5.74) is 2.35. The number of carbonyl (C=O) groups is 1. The molecule has 1 heterocycles. The molecule has 0 bridgehead atoms. The number of ether oxygens (including phenoxy) is 2. The Labute approximate surface area is 156 Å². The molecule has 26 heavy (non-hydrogen) atoms. The van der Waals surface area contributed by atoms with E-state index in [2.05, 4.69) is 10.3 Å². The molecule has 0 spiro atoms. The molecule has 1 N–H and O–H groups in total. The van der Waals surface area contributed by atoms with Gasteiger partial charge in [-0.3, -0.25) is 4.79 Å². The van der Waals surface area contributed by atoms with Gasteiger partial charge in [0.15, 0.2) is 0 Å². The molecular weight excluding hydrogens is 348 g/mol. The quantitative estimate of drug-likeness (QED) is 0.680. The first kappa shape index (κ1) is 17.9. The molecule has 0 saturated heterocycles. The molecule has 1 aromatic heterocycles. The highest BCUT2D eigenvalue weighted by molar-refractivity contribution is 7.17. The Morgan fingerprint density at radius 1 is 1.15 bits per heavy atom. The van der Waals surface area contributed by atoms with Gasteiger partial charge < -0.3 is 14.8 Å². The molecule has 2 aromatic carbocycles. The molecule has 3 aromatic rings. The van der Waals surface area contributed by atoms with Gasteiger partial charge in [0.1, 0.15) is 21.4 Å². The van der Waals surface area contributed by atoms with Crippen LogP contribution in [-0.4, -0.2) is 24.6 Å². The SMILES string of the molecule is CCOc1ccc(-c2nc(C)c(C(=O)Nc3cccc(OC)c3)s2)cc1. The predicted octanol–water partition coefficient (Wildman–Crippen LogP) is 4.78. The third-order valence-corrected chi connectivity index (χ3v) is 4.95. The highest BCUT2D eigenvalue weighted by atomic mass is 32.1. The first-order valence-corrected chi connectivity index (χ1v) is 9.08. The molecule has 0 unspecified atom stereocenters. The highest BCUT2D eigenvalue weighted by Crippen LogP contribution is 2.30. The second-order valence-electron chi connectivity index (χ2n) is 5.58. The standard InChI is InChI=1S/C20H20N2O3S/c1-4-25-16-10-8-14(9-11-16)20-21-13(2)18(26-20)19(23)22-15-6-5-7-17(12-15)24-3/h5-12H,4H2,1-3H3,(H,22,23). The number of hydrogen-bond donors (Lipinski definition) is 1. The van der Waals surface area contributed by atoms with Crippen LogP contribution in [0, 0.1) is 6.92 Å². The van der Waals surface area contributed by atoms with Crippen LogP contribution in [0.5, 0.6) is 11.5 Å². The molecule has 0 saturated carbocycles. The lowest BCUT2D eigenvalue weighted by Gasteiger charge is -2.06. The number of nitrogens with one attached hydrogen (secondary N) is 1. The van der Waals surface area contributed by atoms with E-state index >= 15 is 0 Å². The Hall–Kier alpha value is -2.86. The van der Waals surface area contributed by atoms with Gasteiger partial charge >= 0.3 is 0 Å². The Morgan fingerprint density at radius 3 is 2.62 bits per heavy atom. The lowest BCUT2D eigenvalue weighted by Crippen LogP contribution is -2.11. The summed E-state index contributed by atoms with van der Waals surface area (Å²) >= 11 is 1.37. The molecule has 0 aliphatic heterocycles. The molecule has 134 valence electrons. The summed E-state index contributed by atoms with van der Waals surface area (Å²) in [6.45, 7) is 4.42. The Balaban J connectivity index is 1.79. The van der Waals surface area contributed by atoms with Crippen LogP contribution in [-0.2, 0) is 0 Å². The average Bonchev–Trinajstić information content (AvgIpc) is 3.04. The highest BCUT2D eigenvalue weighted by Gasteiger charge is 2.16. The molecule has 1 amide bonds. The van der Waals surface area contributed by atoms with E-state index in [1.165, 1.54) is 11.3 Å². The van der Waals surface area contributed by atoms with Crippen LogP contribution in [0.2, 0.25) is 0 Å². The summed E-state index contributed by atoms with van der Waals surface area (Å²) < 4.78 is 10.6. The van der Waals surface area contributed by atoms with Crippen LogP contribution in [0.15, 0.2) is 48.5 Å². The van der Waals surface area contributed by atoms with E-state index in [0.29, 0.717) is 28.6 Å². The van der Waals surface area contributed by atoms with E-state index in [0.717, 1.165) is 16.3 Å². The van der Waals surface area contributed by atoms with Crippen molar-refractivity contribution in [3.63, 3.8) is 0 Å². The Kier molecular flexibility index (Phi) is 5.53. The number of hydrogen-bond acceptors (Lipinski definition) is 5. The van der Waals surface area contributed by atoms with Gasteiger partial charge in [0.2, 0.25) is 0 Å². The van der Waals surface area contributed by atoms with Crippen LogP contribution < -0.4 is 14.8 Å². The van der Waals surface area contributed by atoms with Crippen LogP contribution in [0.1, 0.15) is 22.3 Å². The van der Waals surface area contributed by atoms with Gasteiger partial charge in [-0.1, -0.05) is 6.07 Å². The van der Waals surface area contributed by atoms with Crippen LogP contribution >= 0.6 is 11.3 Å². The minimum atomic E-state index is -0.176. The zero-order valence-corrected chi connectivity index (χ0v) is 15.7. The van der Waals surface area contributed by atoms with Crippen molar-refractivity contribution >= 4 is 22.9 Å². The number of aromatic nitrogens is 1. The van der Waals surface area contributed by atoms with Crippen molar-refractivity contribution in [1.29, 1.82) is 0 Å². The van der Waals surface area contributed by atoms with Crippen molar-refractivity contribution in [2.24, 2.45) is 0 Å². The molecule has 0 radical (unpaired) electrons. The molecular formula is C20H20N2O3S. The number of methoxy groups -OCH3 is 1. The number of nitrogens with zero attached hydrogens (tertiary/aromatic N) is 1. The van der Waals surface area contributed by atoms with E-state index in [-0.39, 0.29) is 5.91 Å². The van der Waals surface area contributed by atoms with Gasteiger partial charge in [-0.2, -0.15) is 0 Å². The number of aryl methyl sites for hydroxylation is 1. The summed E-state index contributed by atoms with van der Waals surface area (Å²) in [6.07, 6.45) is 0. The maximum absolute atomic E-state index is 12.6. The molecule has 0 aliphatic carbocycles. The normalized spacial score (nSPS) is 10.4. The van der Waals surface area contributed by atoms with Crippen molar-refractivity contribution < 1.29 is 14.3 Å². The molecule has 0 fully saturated rings. The van der Waals surface area contributed by atoms with Crippen LogP contribution in [0.4, 0.5) is 5.69 Å². The molecule has 0 aliphatic rings. The largest absolute Gasteiger partial charge is 0.497 e. The van der Waals surface area contributed by atoms with Gasteiger partial charge in [0.05, 0.1) is 19.4 Å². The topological polar surface area (TPSA) is 60.5 Å². The summed E-state index contributed by atoms with van der Waals surface area (Å²) in [7, 11) is 1.59. The summed E-state index contributed by atoms with van der Waals surface area (Å²) in [6, 6.07) is 15.0. The van der Waals surface area contributed by atoms with Gasteiger partial charge in [-0.25, -0.2) is 4.98 Å². The van der Waals surface area contributed by atoms with E-state index in [9.17, 15) is 4.79 Å². The lowest BCUT2D eigenvalue weighted by atomic mass is 10.2. The molecule has 0 atom stereocenters. The van der Waals surface area contributed by atoms with Gasteiger partial charge in [0.25, 0.3) is 5.91 Å². The third-order valence-electron chi connectivity index (χ3n) is 3.74. The number of benzene rings is 2. The Morgan fingerprint density at radius 2 is 1.92 bits per heavy atom. The van der Waals surface area contributed by atoms with Gasteiger partial charge in [-0.05, 0) is 50.2 Å². The van der Waals surface area contributed by atoms with Crippen molar-refractivity contribution in [2.75, 3.05) is 19.0 Å². The minimum Gasteiger partial charge on any atom is -0.497 e. The first-order valence-electron chi connectivity index (χ1n) is 8.26. The van der Waals surface area contributed by atoms with Crippen molar-refractivity contribution in [2.45, 2.75) is 13.8 Å². The fourth-order valence-electron chi connectivity index (χ4n) is 2.48. The van der Waals surface area contributed by atoms with E-state index in [1.54, 1.807) is 13.2 Å². The molecule has 6 heteroatoms. The summed E-state index contributed by atoms with van der Waals surface area (Å²) in [5, 5.41) is 3.70. The fraction of sp³-hybridized carbons (Fsp3) is 0.200. The predicted molar refractivity (Wildman–Crippen MR) is 104 cm³/mol. The number of amides is 1. The van der Waals surface area contributed by atoms with Crippen molar-refractivity contribution in [3.05, 3.63) is 59.1 Å². The first-order chi connectivity index (χ1) is 12.6.